The Morgan fingerprint density at radius 1 is 1.10 bits per heavy atom. The highest BCUT2D eigenvalue weighted by Gasteiger charge is 2.09. The molecule has 0 fully saturated rings. The molecule has 2 N–H and O–H groups in total. The lowest BCUT2D eigenvalue weighted by Gasteiger charge is -2.20. The number of nitrogens with zero attached hydrogens (tertiary/aromatic N) is 2. The Kier molecular flexibility index (Phi) is 7.92. The van der Waals surface area contributed by atoms with E-state index in [0.29, 0.717) is 13.0 Å². The molecule has 0 unspecified atom stereocenters. The average Bonchev–Trinajstić information content (AvgIpc) is 2.49. The van der Waals surface area contributed by atoms with Gasteiger partial charge < -0.3 is 15.5 Å². The molecule has 0 aliphatic rings. The summed E-state index contributed by atoms with van der Waals surface area (Å²) in [5.41, 5.74) is 6.79. The molecule has 0 saturated heterocycles. The highest BCUT2D eigenvalue weighted by Crippen LogP contribution is 2.01. The fraction of sp³-hybridized carbons (Fsp3) is 0.562. The average molecular weight is 277 g/mol. The summed E-state index contributed by atoms with van der Waals surface area (Å²) in [5.74, 6) is 0.199. The molecule has 1 aromatic rings. The molecule has 0 aromatic heterocycles. The van der Waals surface area contributed by atoms with Crippen LogP contribution < -0.4 is 5.73 Å². The first kappa shape index (κ1) is 16.7. The minimum atomic E-state index is 0.199. The van der Waals surface area contributed by atoms with Gasteiger partial charge in [-0.25, -0.2) is 0 Å². The zero-order chi connectivity index (χ0) is 14.8. The number of benzene rings is 1. The van der Waals surface area contributed by atoms with Crippen molar-refractivity contribution >= 4 is 5.91 Å². The van der Waals surface area contributed by atoms with Crippen LogP contribution in [0.3, 0.4) is 0 Å². The lowest BCUT2D eigenvalue weighted by molar-refractivity contribution is -0.130. The number of carbonyl (C=O) groups is 1. The quantitative estimate of drug-likeness (QED) is 0.741. The number of amides is 1. The molecule has 0 spiro atoms. The van der Waals surface area contributed by atoms with E-state index in [2.05, 4.69) is 36.2 Å². The molecule has 0 saturated carbocycles. The Morgan fingerprint density at radius 2 is 1.80 bits per heavy atom. The highest BCUT2D eigenvalue weighted by molar-refractivity contribution is 5.76. The van der Waals surface area contributed by atoms with Crippen molar-refractivity contribution in [2.24, 2.45) is 5.73 Å². The normalized spacial score (nSPS) is 10.8. The monoisotopic (exact) mass is 277 g/mol. The summed E-state index contributed by atoms with van der Waals surface area (Å²) in [7, 11) is 3.91. The van der Waals surface area contributed by atoms with E-state index in [1.165, 1.54) is 5.56 Å². The maximum atomic E-state index is 11.9. The smallest absolute Gasteiger partial charge is 0.223 e. The second-order valence-corrected chi connectivity index (χ2v) is 5.25. The van der Waals surface area contributed by atoms with Crippen LogP contribution in [0.1, 0.15) is 18.4 Å². The summed E-state index contributed by atoms with van der Waals surface area (Å²) < 4.78 is 0. The molecule has 0 radical (unpaired) electrons. The molecule has 0 aliphatic carbocycles. The molecule has 1 amide bonds. The first-order valence-corrected chi connectivity index (χ1v) is 7.30. The zero-order valence-corrected chi connectivity index (χ0v) is 12.7. The van der Waals surface area contributed by atoms with Gasteiger partial charge in [0, 0.05) is 33.1 Å². The van der Waals surface area contributed by atoms with Crippen LogP contribution in [0.2, 0.25) is 0 Å². The third kappa shape index (κ3) is 6.68. The van der Waals surface area contributed by atoms with Gasteiger partial charge in [0.15, 0.2) is 0 Å². The predicted molar refractivity (Wildman–Crippen MR) is 83.6 cm³/mol. The Bertz CT molecular complexity index is 381. The second-order valence-electron chi connectivity index (χ2n) is 5.25. The second kappa shape index (κ2) is 9.50. The summed E-state index contributed by atoms with van der Waals surface area (Å²) in [6.07, 6.45) is 2.47. The van der Waals surface area contributed by atoms with Crippen LogP contribution in [0.5, 0.6) is 0 Å². The largest absolute Gasteiger partial charge is 0.346 e. The molecule has 1 aromatic carbocycles. The number of likely N-dealkylation sites (N-methyl/N-ethyl adjacent to an activating group) is 1. The zero-order valence-electron chi connectivity index (χ0n) is 12.7. The van der Waals surface area contributed by atoms with Crippen LogP contribution in [-0.2, 0) is 11.2 Å². The molecule has 0 bridgehead atoms. The van der Waals surface area contributed by atoms with E-state index in [-0.39, 0.29) is 5.91 Å². The molecule has 4 nitrogen and oxygen atoms in total. The first-order valence-electron chi connectivity index (χ1n) is 7.30. The molecule has 0 heterocycles. The van der Waals surface area contributed by atoms with Crippen LogP contribution in [0, 0.1) is 0 Å². The van der Waals surface area contributed by atoms with E-state index in [9.17, 15) is 4.79 Å². The van der Waals surface area contributed by atoms with Gasteiger partial charge >= 0.3 is 0 Å². The van der Waals surface area contributed by atoms with Gasteiger partial charge in [0.1, 0.15) is 0 Å². The van der Waals surface area contributed by atoms with Gasteiger partial charge in [0.05, 0.1) is 0 Å². The summed E-state index contributed by atoms with van der Waals surface area (Å²) in [5, 5.41) is 0. The maximum Gasteiger partial charge on any atom is 0.223 e. The van der Waals surface area contributed by atoms with Gasteiger partial charge in [-0.1, -0.05) is 30.3 Å². The van der Waals surface area contributed by atoms with Crippen molar-refractivity contribution in [3.8, 4) is 0 Å². The summed E-state index contributed by atoms with van der Waals surface area (Å²) in [4.78, 5) is 15.9. The predicted octanol–water partition coefficient (Wildman–Crippen LogP) is 1.36. The minimum absolute atomic E-state index is 0.199. The van der Waals surface area contributed by atoms with Crippen molar-refractivity contribution in [2.75, 3.05) is 40.3 Å². The lowest BCUT2D eigenvalue weighted by Crippen LogP contribution is -2.32. The highest BCUT2D eigenvalue weighted by atomic mass is 16.2. The lowest BCUT2D eigenvalue weighted by atomic mass is 10.1. The van der Waals surface area contributed by atoms with Crippen molar-refractivity contribution in [2.45, 2.75) is 19.3 Å². The summed E-state index contributed by atoms with van der Waals surface area (Å²) in [6, 6.07) is 10.4. The Hall–Kier alpha value is -1.39. The van der Waals surface area contributed by atoms with Crippen LogP contribution in [0.15, 0.2) is 30.3 Å². The van der Waals surface area contributed by atoms with Crippen molar-refractivity contribution in [3.05, 3.63) is 35.9 Å². The van der Waals surface area contributed by atoms with Gasteiger partial charge in [0.2, 0.25) is 5.91 Å². The number of hydrogen-bond donors (Lipinski definition) is 1. The Morgan fingerprint density at radius 3 is 2.45 bits per heavy atom. The van der Waals surface area contributed by atoms with Crippen molar-refractivity contribution < 1.29 is 4.79 Å². The van der Waals surface area contributed by atoms with E-state index >= 15 is 0 Å². The Labute approximate surface area is 122 Å². The van der Waals surface area contributed by atoms with Crippen molar-refractivity contribution in [1.29, 1.82) is 0 Å². The fourth-order valence-electron chi connectivity index (χ4n) is 2.01. The molecular formula is C16H27N3O. The molecule has 1 rings (SSSR count). The van der Waals surface area contributed by atoms with Gasteiger partial charge in [-0.05, 0) is 32.0 Å². The third-order valence-corrected chi connectivity index (χ3v) is 3.46. The number of carbonyl (C=O) groups excluding carboxylic acids is 1. The SMILES string of the molecule is CN(CCC(=O)N(C)CCCN)CCc1ccccc1. The molecule has 20 heavy (non-hydrogen) atoms. The standard InChI is InChI=1S/C16H27N3O/c1-18(13-9-15-7-4-3-5-8-15)14-10-16(20)19(2)12-6-11-17/h3-5,7-8H,6,9-14,17H2,1-2H3. The Balaban J connectivity index is 2.19. The first-order chi connectivity index (χ1) is 9.63. The van der Waals surface area contributed by atoms with Crippen molar-refractivity contribution in [3.63, 3.8) is 0 Å². The van der Waals surface area contributed by atoms with Gasteiger partial charge in [-0.15, -0.1) is 0 Å². The van der Waals surface area contributed by atoms with E-state index in [0.717, 1.165) is 32.5 Å². The van der Waals surface area contributed by atoms with Gasteiger partial charge in [0.25, 0.3) is 0 Å². The molecule has 0 atom stereocenters. The number of nitrogens with two attached hydrogens (primary N) is 1. The number of hydrogen-bond acceptors (Lipinski definition) is 3. The van der Waals surface area contributed by atoms with Crippen LogP contribution in [-0.4, -0.2) is 56.0 Å². The van der Waals surface area contributed by atoms with Crippen LogP contribution in [0.4, 0.5) is 0 Å². The van der Waals surface area contributed by atoms with Crippen LogP contribution >= 0.6 is 0 Å². The minimum Gasteiger partial charge on any atom is -0.346 e. The topological polar surface area (TPSA) is 49.6 Å². The summed E-state index contributed by atoms with van der Waals surface area (Å²) in [6.45, 7) is 3.17. The molecular weight excluding hydrogens is 250 g/mol. The fourth-order valence-corrected chi connectivity index (χ4v) is 2.01. The number of rotatable bonds is 9. The van der Waals surface area contributed by atoms with Crippen LogP contribution in [0.25, 0.3) is 0 Å². The van der Waals surface area contributed by atoms with Gasteiger partial charge in [-0.3, -0.25) is 4.79 Å². The van der Waals surface area contributed by atoms with Gasteiger partial charge in [-0.2, -0.15) is 0 Å². The van der Waals surface area contributed by atoms with E-state index in [4.69, 9.17) is 5.73 Å². The van der Waals surface area contributed by atoms with Crippen molar-refractivity contribution in [1.82, 2.24) is 9.80 Å². The summed E-state index contributed by atoms with van der Waals surface area (Å²) >= 11 is 0. The third-order valence-electron chi connectivity index (χ3n) is 3.46. The molecule has 4 heteroatoms. The molecule has 112 valence electrons. The van der Waals surface area contributed by atoms with E-state index < -0.39 is 0 Å². The van der Waals surface area contributed by atoms with E-state index in [1.807, 2.05) is 13.1 Å². The maximum absolute atomic E-state index is 11.9. The molecule has 0 aliphatic heterocycles. The van der Waals surface area contributed by atoms with E-state index in [1.54, 1.807) is 4.90 Å².